The molecule has 0 saturated carbocycles. The van der Waals surface area contributed by atoms with Crippen molar-refractivity contribution < 1.29 is 9.53 Å². The fourth-order valence-corrected chi connectivity index (χ4v) is 2.05. The second kappa shape index (κ2) is 8.05. The number of hydrogen-bond acceptors (Lipinski definition) is 2. The van der Waals surface area contributed by atoms with Gasteiger partial charge in [-0.05, 0) is 38.5 Å². The van der Waals surface area contributed by atoms with Crippen molar-refractivity contribution in [1.82, 2.24) is 4.90 Å². The lowest BCUT2D eigenvalue weighted by Gasteiger charge is -2.25. The van der Waals surface area contributed by atoms with Crippen molar-refractivity contribution in [3.05, 3.63) is 29.8 Å². The third kappa shape index (κ3) is 5.52. The summed E-state index contributed by atoms with van der Waals surface area (Å²) >= 11 is 5.71. The minimum absolute atomic E-state index is 0.0864. The highest BCUT2D eigenvalue weighted by atomic mass is 35.5. The van der Waals surface area contributed by atoms with E-state index in [1.54, 1.807) is 4.90 Å². The molecule has 0 bridgehead atoms. The Morgan fingerprint density at radius 3 is 2.74 bits per heavy atom. The molecule has 106 valence electrons. The van der Waals surface area contributed by atoms with Gasteiger partial charge in [-0.2, -0.15) is 0 Å². The van der Waals surface area contributed by atoms with Crippen LogP contribution in [-0.2, 0) is 4.79 Å². The molecule has 0 N–H and O–H groups in total. The molecule has 0 aliphatic heterocycles. The number of hydrogen-bond donors (Lipinski definition) is 0. The first-order valence-corrected chi connectivity index (χ1v) is 7.13. The summed E-state index contributed by atoms with van der Waals surface area (Å²) in [6.45, 7) is 6.98. The molecule has 0 heterocycles. The van der Waals surface area contributed by atoms with E-state index in [2.05, 4.69) is 0 Å². The van der Waals surface area contributed by atoms with Crippen molar-refractivity contribution in [1.29, 1.82) is 0 Å². The van der Waals surface area contributed by atoms with Crippen LogP contribution in [0.4, 0.5) is 0 Å². The van der Waals surface area contributed by atoms with Gasteiger partial charge in [0, 0.05) is 18.5 Å². The first kappa shape index (κ1) is 15.8. The minimum Gasteiger partial charge on any atom is -0.493 e. The molecule has 0 fully saturated rings. The van der Waals surface area contributed by atoms with E-state index in [1.807, 2.05) is 45.0 Å². The lowest BCUT2D eigenvalue weighted by molar-refractivity contribution is -0.133. The second-order valence-corrected chi connectivity index (χ2v) is 5.16. The maximum atomic E-state index is 12.0. The number of nitrogens with zero attached hydrogens (tertiary/aromatic N) is 1. The summed E-state index contributed by atoms with van der Waals surface area (Å²) in [5, 5.41) is 0. The predicted molar refractivity (Wildman–Crippen MR) is 78.9 cm³/mol. The largest absolute Gasteiger partial charge is 0.493 e. The number of carbonyl (C=O) groups excluding carboxylic acids is 1. The molecule has 0 aliphatic rings. The summed E-state index contributed by atoms with van der Waals surface area (Å²) < 4.78 is 5.59. The smallest absolute Gasteiger partial charge is 0.226 e. The van der Waals surface area contributed by atoms with Crippen LogP contribution in [0.15, 0.2) is 24.3 Å². The summed E-state index contributed by atoms with van der Waals surface area (Å²) in [5.74, 6) is 1.35. The monoisotopic (exact) mass is 283 g/mol. The lowest BCUT2D eigenvalue weighted by atomic mass is 10.2. The van der Waals surface area contributed by atoms with Gasteiger partial charge in [0.15, 0.2) is 0 Å². The molecule has 19 heavy (non-hydrogen) atoms. The van der Waals surface area contributed by atoms with Crippen molar-refractivity contribution >= 4 is 17.5 Å². The first-order chi connectivity index (χ1) is 9.04. The molecule has 0 saturated heterocycles. The highest BCUT2D eigenvalue weighted by Crippen LogP contribution is 2.13. The van der Waals surface area contributed by atoms with E-state index in [9.17, 15) is 4.79 Å². The number of alkyl halides is 1. The third-order valence-electron chi connectivity index (χ3n) is 2.84. The average molecular weight is 284 g/mol. The summed E-state index contributed by atoms with van der Waals surface area (Å²) in [6, 6.07) is 7.99. The van der Waals surface area contributed by atoms with Gasteiger partial charge in [-0.1, -0.05) is 12.1 Å². The van der Waals surface area contributed by atoms with E-state index in [0.717, 1.165) is 11.3 Å². The van der Waals surface area contributed by atoms with Gasteiger partial charge in [0.2, 0.25) is 5.91 Å². The number of benzene rings is 1. The highest BCUT2D eigenvalue weighted by molar-refractivity contribution is 6.18. The lowest BCUT2D eigenvalue weighted by Crippen LogP contribution is -2.38. The van der Waals surface area contributed by atoms with Gasteiger partial charge in [0.25, 0.3) is 0 Å². The number of ether oxygens (including phenoxy) is 1. The quantitative estimate of drug-likeness (QED) is 0.719. The van der Waals surface area contributed by atoms with Gasteiger partial charge < -0.3 is 9.64 Å². The zero-order valence-electron chi connectivity index (χ0n) is 11.9. The van der Waals surface area contributed by atoms with E-state index in [4.69, 9.17) is 16.3 Å². The normalized spacial score (nSPS) is 10.6. The summed E-state index contributed by atoms with van der Waals surface area (Å²) in [7, 11) is 0. The molecular formula is C15H22ClNO2. The molecule has 0 atom stereocenters. The van der Waals surface area contributed by atoms with E-state index >= 15 is 0 Å². The van der Waals surface area contributed by atoms with E-state index in [0.29, 0.717) is 25.5 Å². The van der Waals surface area contributed by atoms with Crippen LogP contribution in [0.2, 0.25) is 0 Å². The standard InChI is InChI=1S/C15H22ClNO2/c1-12(2)17(9-8-16)15(18)7-10-19-14-6-4-5-13(3)11-14/h4-6,11-12H,7-10H2,1-3H3. The zero-order chi connectivity index (χ0) is 14.3. The molecular weight excluding hydrogens is 262 g/mol. The molecule has 4 heteroatoms. The number of aryl methyl sites for hydroxylation is 1. The molecule has 0 aliphatic carbocycles. The number of halogens is 1. The van der Waals surface area contributed by atoms with Crippen molar-refractivity contribution in [2.24, 2.45) is 0 Å². The minimum atomic E-state index is 0.0864. The van der Waals surface area contributed by atoms with Crippen LogP contribution >= 0.6 is 11.6 Å². The van der Waals surface area contributed by atoms with E-state index in [1.165, 1.54) is 0 Å². The fourth-order valence-electron chi connectivity index (χ4n) is 1.87. The van der Waals surface area contributed by atoms with Gasteiger partial charge in [-0.25, -0.2) is 0 Å². The Balaban J connectivity index is 2.41. The SMILES string of the molecule is Cc1cccc(OCCC(=O)N(CCCl)C(C)C)c1. The molecule has 1 aromatic rings. The third-order valence-corrected chi connectivity index (χ3v) is 3.01. The molecule has 1 amide bonds. The van der Waals surface area contributed by atoms with Crippen LogP contribution in [0, 0.1) is 6.92 Å². The van der Waals surface area contributed by atoms with Gasteiger partial charge in [0.1, 0.15) is 5.75 Å². The van der Waals surface area contributed by atoms with E-state index < -0.39 is 0 Å². The summed E-state index contributed by atoms with van der Waals surface area (Å²) in [6.07, 6.45) is 0.378. The van der Waals surface area contributed by atoms with Crippen molar-refractivity contribution in [2.75, 3.05) is 19.0 Å². The number of amides is 1. The number of rotatable bonds is 7. The Morgan fingerprint density at radius 2 is 2.16 bits per heavy atom. The van der Waals surface area contributed by atoms with Gasteiger partial charge >= 0.3 is 0 Å². The van der Waals surface area contributed by atoms with Crippen LogP contribution in [-0.4, -0.2) is 35.9 Å². The van der Waals surface area contributed by atoms with Crippen molar-refractivity contribution in [3.63, 3.8) is 0 Å². The zero-order valence-corrected chi connectivity index (χ0v) is 12.6. The van der Waals surface area contributed by atoms with Crippen LogP contribution in [0.5, 0.6) is 5.75 Å². The van der Waals surface area contributed by atoms with Crippen molar-refractivity contribution in [3.8, 4) is 5.75 Å². The summed E-state index contributed by atoms with van der Waals surface area (Å²) in [4.78, 5) is 13.8. The molecule has 1 aromatic carbocycles. The molecule has 1 rings (SSSR count). The topological polar surface area (TPSA) is 29.5 Å². The molecule has 0 aromatic heterocycles. The Morgan fingerprint density at radius 1 is 1.42 bits per heavy atom. The van der Waals surface area contributed by atoms with Crippen LogP contribution in [0.25, 0.3) is 0 Å². The Labute approximate surface area is 120 Å². The van der Waals surface area contributed by atoms with Crippen molar-refractivity contribution in [2.45, 2.75) is 33.2 Å². The fraction of sp³-hybridized carbons (Fsp3) is 0.533. The molecule has 0 spiro atoms. The van der Waals surface area contributed by atoms with Crippen LogP contribution in [0.1, 0.15) is 25.8 Å². The first-order valence-electron chi connectivity index (χ1n) is 6.59. The molecule has 3 nitrogen and oxygen atoms in total. The number of carbonyl (C=O) groups is 1. The van der Waals surface area contributed by atoms with Gasteiger partial charge in [-0.3, -0.25) is 4.79 Å². The predicted octanol–water partition coefficient (Wildman–Crippen LogP) is 3.24. The Hall–Kier alpha value is -1.22. The highest BCUT2D eigenvalue weighted by Gasteiger charge is 2.15. The average Bonchev–Trinajstić information content (AvgIpc) is 2.35. The van der Waals surface area contributed by atoms with E-state index in [-0.39, 0.29) is 11.9 Å². The van der Waals surface area contributed by atoms with Crippen LogP contribution in [0.3, 0.4) is 0 Å². The maximum absolute atomic E-state index is 12.0. The van der Waals surface area contributed by atoms with Gasteiger partial charge in [0.05, 0.1) is 13.0 Å². The summed E-state index contributed by atoms with van der Waals surface area (Å²) in [5.41, 5.74) is 1.15. The second-order valence-electron chi connectivity index (χ2n) is 4.78. The van der Waals surface area contributed by atoms with Crippen LogP contribution < -0.4 is 4.74 Å². The Bertz CT molecular complexity index is 407. The maximum Gasteiger partial charge on any atom is 0.226 e. The molecule has 0 unspecified atom stereocenters. The van der Waals surface area contributed by atoms with Gasteiger partial charge in [-0.15, -0.1) is 11.6 Å². The molecule has 0 radical (unpaired) electrons. The Kier molecular flexibility index (Phi) is 6.71.